The summed E-state index contributed by atoms with van der Waals surface area (Å²) in [5.74, 6) is -1.23. The summed E-state index contributed by atoms with van der Waals surface area (Å²) in [6.45, 7) is 7.65. The molecule has 1 aromatic rings. The van der Waals surface area contributed by atoms with Crippen molar-refractivity contribution in [1.29, 1.82) is 0 Å². The molecule has 0 saturated carbocycles. The Balaban J connectivity index is 2.36. The number of ether oxygens (including phenoxy) is 1. The van der Waals surface area contributed by atoms with Gasteiger partial charge >= 0.3 is 12.1 Å². The third-order valence-electron chi connectivity index (χ3n) is 4.34. The van der Waals surface area contributed by atoms with E-state index < -0.39 is 18.1 Å². The lowest BCUT2D eigenvalue weighted by atomic mass is 9.94. The summed E-state index contributed by atoms with van der Waals surface area (Å²) < 4.78 is 45.2. The molecule has 0 radical (unpaired) electrons. The van der Waals surface area contributed by atoms with Gasteiger partial charge in [0.2, 0.25) is 0 Å². The van der Waals surface area contributed by atoms with Gasteiger partial charge in [0.05, 0.1) is 4.47 Å². The minimum Gasteiger partial charge on any atom is -0.488 e. The average Bonchev–Trinajstić information content (AvgIpc) is 2.70. The highest BCUT2D eigenvalue weighted by Crippen LogP contribution is 2.34. The maximum absolute atomic E-state index is 13.0. The average molecular weight is 420 g/mol. The van der Waals surface area contributed by atoms with Crippen molar-refractivity contribution < 1.29 is 22.7 Å². The molecule has 0 aromatic heterocycles. The van der Waals surface area contributed by atoms with E-state index in [0.29, 0.717) is 25.2 Å². The van der Waals surface area contributed by atoms with Gasteiger partial charge in [-0.1, -0.05) is 26.5 Å². The molecule has 0 saturated heterocycles. The van der Waals surface area contributed by atoms with Gasteiger partial charge in [-0.15, -0.1) is 0 Å². The van der Waals surface area contributed by atoms with E-state index in [-0.39, 0.29) is 12.5 Å². The summed E-state index contributed by atoms with van der Waals surface area (Å²) in [5.41, 5.74) is 1.85. The van der Waals surface area contributed by atoms with Crippen LogP contribution in [0.4, 0.5) is 13.2 Å². The van der Waals surface area contributed by atoms with Crippen molar-refractivity contribution in [2.75, 3.05) is 13.2 Å². The van der Waals surface area contributed by atoms with Gasteiger partial charge in [-0.2, -0.15) is 13.2 Å². The number of benzene rings is 1. The van der Waals surface area contributed by atoms with Crippen LogP contribution in [0.3, 0.4) is 0 Å². The molecule has 1 atom stereocenters. The van der Waals surface area contributed by atoms with E-state index in [9.17, 15) is 18.0 Å². The van der Waals surface area contributed by atoms with Crippen molar-refractivity contribution in [3.8, 4) is 5.75 Å². The fourth-order valence-electron chi connectivity index (χ4n) is 3.07. The minimum absolute atomic E-state index is 0.0384. The van der Waals surface area contributed by atoms with Crippen LogP contribution < -0.4 is 4.74 Å². The molecular weight excluding hydrogens is 399 g/mol. The summed E-state index contributed by atoms with van der Waals surface area (Å²) >= 11 is 3.44. The monoisotopic (exact) mass is 419 g/mol. The fraction of sp³-hybridized carbons (Fsp3) is 0.500. The van der Waals surface area contributed by atoms with Gasteiger partial charge in [-0.3, -0.25) is 4.79 Å². The molecule has 2 rings (SSSR count). The fourth-order valence-corrected chi connectivity index (χ4v) is 3.58. The van der Waals surface area contributed by atoms with Crippen LogP contribution in [-0.2, 0) is 17.6 Å². The van der Waals surface area contributed by atoms with Gasteiger partial charge in [-0.05, 0) is 57.9 Å². The van der Waals surface area contributed by atoms with Gasteiger partial charge in [0.15, 0.2) is 0 Å². The molecule has 0 N–H and O–H groups in total. The Morgan fingerprint density at radius 3 is 2.68 bits per heavy atom. The second-order valence-corrected chi connectivity index (χ2v) is 7.27. The first kappa shape index (κ1) is 19.8. The first-order valence-electron chi connectivity index (χ1n) is 8.08. The number of amides is 1. The summed E-state index contributed by atoms with van der Waals surface area (Å²) in [6.07, 6.45) is -2.49. The predicted octanol–water partition coefficient (Wildman–Crippen LogP) is 4.53. The van der Waals surface area contributed by atoms with Crippen molar-refractivity contribution >= 4 is 21.8 Å². The number of hydrogen-bond donors (Lipinski definition) is 0. The van der Waals surface area contributed by atoms with Crippen LogP contribution in [0.1, 0.15) is 25.0 Å². The van der Waals surface area contributed by atoms with Crippen LogP contribution in [0.5, 0.6) is 5.75 Å². The minimum atomic E-state index is -4.86. The molecule has 1 aliphatic heterocycles. The molecule has 1 heterocycles. The first-order valence-corrected chi connectivity index (χ1v) is 8.87. The number of alkyl halides is 3. The Kier molecular flexibility index (Phi) is 6.19. The molecule has 0 spiro atoms. The van der Waals surface area contributed by atoms with Crippen LogP contribution in [0.25, 0.3) is 0 Å². The molecule has 1 unspecified atom stereocenters. The standard InChI is InChI=1S/C18H21BrF3NO2/c1-4-7-25-16-10-12-5-6-23(17(24)18(20,21)22)15(11(2)3)9-13(12)8-14(16)19/h4,8,10-11,15H,1,5-7,9H2,2-3H3. The first-order chi connectivity index (χ1) is 11.6. The van der Waals surface area contributed by atoms with Gasteiger partial charge in [-0.25, -0.2) is 0 Å². The molecule has 1 aromatic carbocycles. The highest BCUT2D eigenvalue weighted by Gasteiger charge is 2.45. The quantitative estimate of drug-likeness (QED) is 0.671. The van der Waals surface area contributed by atoms with Crippen molar-refractivity contribution in [1.82, 2.24) is 4.90 Å². The number of fused-ring (bicyclic) bond motifs is 1. The Morgan fingerprint density at radius 1 is 1.44 bits per heavy atom. The smallest absolute Gasteiger partial charge is 0.471 e. The Hall–Kier alpha value is -1.50. The molecule has 3 nitrogen and oxygen atoms in total. The highest BCUT2D eigenvalue weighted by molar-refractivity contribution is 9.10. The van der Waals surface area contributed by atoms with E-state index in [4.69, 9.17) is 4.74 Å². The molecule has 25 heavy (non-hydrogen) atoms. The lowest BCUT2D eigenvalue weighted by Crippen LogP contribution is -2.50. The second-order valence-electron chi connectivity index (χ2n) is 6.41. The van der Waals surface area contributed by atoms with Crippen LogP contribution in [0, 0.1) is 5.92 Å². The predicted molar refractivity (Wildman–Crippen MR) is 93.6 cm³/mol. The Bertz CT molecular complexity index is 658. The van der Waals surface area contributed by atoms with Gasteiger partial charge in [0, 0.05) is 12.6 Å². The molecule has 0 fully saturated rings. The number of carbonyl (C=O) groups is 1. The molecule has 7 heteroatoms. The molecule has 138 valence electrons. The number of halogens is 4. The van der Waals surface area contributed by atoms with E-state index in [0.717, 1.165) is 20.5 Å². The maximum atomic E-state index is 13.0. The summed E-state index contributed by atoms with van der Waals surface area (Å²) in [5, 5.41) is 0. The van der Waals surface area contributed by atoms with Crippen LogP contribution in [-0.4, -0.2) is 36.2 Å². The Morgan fingerprint density at radius 2 is 2.12 bits per heavy atom. The normalized spacial score (nSPS) is 17.9. The third kappa shape index (κ3) is 4.57. The lowest BCUT2D eigenvalue weighted by Gasteiger charge is -2.33. The molecular formula is C18H21BrF3NO2. The van der Waals surface area contributed by atoms with E-state index in [2.05, 4.69) is 22.5 Å². The summed E-state index contributed by atoms with van der Waals surface area (Å²) in [4.78, 5) is 12.8. The number of hydrogen-bond acceptors (Lipinski definition) is 2. The zero-order valence-electron chi connectivity index (χ0n) is 14.2. The van der Waals surface area contributed by atoms with Crippen LogP contribution in [0.15, 0.2) is 29.3 Å². The van der Waals surface area contributed by atoms with Gasteiger partial charge in [0.1, 0.15) is 12.4 Å². The highest BCUT2D eigenvalue weighted by atomic mass is 79.9. The summed E-state index contributed by atoms with van der Waals surface area (Å²) in [7, 11) is 0. The van der Waals surface area contributed by atoms with Crippen LogP contribution in [0.2, 0.25) is 0 Å². The number of carbonyl (C=O) groups excluding carboxylic acids is 1. The van der Waals surface area contributed by atoms with Crippen molar-refractivity contribution in [3.63, 3.8) is 0 Å². The molecule has 1 aliphatic rings. The SMILES string of the molecule is C=CCOc1cc2c(cc1Br)CC(C(C)C)N(C(=O)C(F)(F)F)CC2. The molecule has 1 amide bonds. The van der Waals surface area contributed by atoms with E-state index in [1.54, 1.807) is 6.08 Å². The number of rotatable bonds is 4. The lowest BCUT2D eigenvalue weighted by molar-refractivity contribution is -0.188. The molecule has 0 aliphatic carbocycles. The molecule has 0 bridgehead atoms. The second kappa shape index (κ2) is 7.81. The third-order valence-corrected chi connectivity index (χ3v) is 4.95. The van der Waals surface area contributed by atoms with Crippen molar-refractivity contribution in [3.05, 3.63) is 40.4 Å². The summed E-state index contributed by atoms with van der Waals surface area (Å²) in [6, 6.07) is 3.22. The van der Waals surface area contributed by atoms with E-state index in [1.165, 1.54) is 0 Å². The van der Waals surface area contributed by atoms with Gasteiger partial charge < -0.3 is 9.64 Å². The van der Waals surface area contributed by atoms with E-state index >= 15 is 0 Å². The van der Waals surface area contributed by atoms with Gasteiger partial charge in [0.25, 0.3) is 0 Å². The topological polar surface area (TPSA) is 29.5 Å². The zero-order valence-corrected chi connectivity index (χ0v) is 15.8. The van der Waals surface area contributed by atoms with Crippen molar-refractivity contribution in [2.45, 2.75) is 38.9 Å². The maximum Gasteiger partial charge on any atom is 0.471 e. The zero-order chi connectivity index (χ0) is 18.8. The van der Waals surface area contributed by atoms with Crippen molar-refractivity contribution in [2.24, 2.45) is 5.92 Å². The largest absolute Gasteiger partial charge is 0.488 e. The van der Waals surface area contributed by atoms with E-state index in [1.807, 2.05) is 26.0 Å². The van der Waals surface area contributed by atoms with Crippen LogP contribution >= 0.6 is 15.9 Å². The number of nitrogens with zero attached hydrogens (tertiary/aromatic N) is 1. The Labute approximate surface area is 154 Å².